The number of carbonyl (C=O) groups excluding carboxylic acids is 1. The third-order valence-corrected chi connectivity index (χ3v) is 4.52. The number of carbonyl (C=O) groups is 1. The molecule has 0 aliphatic carbocycles. The first-order valence-electron chi connectivity index (χ1n) is 10.2. The maximum Gasteiger partial charge on any atom is 0.261 e. The van der Waals surface area contributed by atoms with Gasteiger partial charge in [-0.1, -0.05) is 48.5 Å². The molecule has 3 aromatic rings. The molecule has 0 aliphatic heterocycles. The van der Waals surface area contributed by atoms with E-state index < -0.39 is 0 Å². The van der Waals surface area contributed by atoms with Gasteiger partial charge < -0.3 is 14.8 Å². The Bertz CT molecular complexity index is 1020. The SMILES string of the molecule is CC(C)Oc1cccc(NC(=S)NC(=O)c2ccccc2OCCc2ccccc2)c1. The first kappa shape index (κ1) is 22.3. The number of hydrogen-bond donors (Lipinski definition) is 2. The van der Waals surface area contributed by atoms with Crippen LogP contribution in [-0.4, -0.2) is 23.7 Å². The van der Waals surface area contributed by atoms with Crippen LogP contribution in [0.25, 0.3) is 0 Å². The summed E-state index contributed by atoms with van der Waals surface area (Å²) in [4.78, 5) is 12.8. The monoisotopic (exact) mass is 434 g/mol. The Morgan fingerprint density at radius 1 is 0.968 bits per heavy atom. The predicted molar refractivity (Wildman–Crippen MR) is 128 cm³/mol. The highest BCUT2D eigenvalue weighted by molar-refractivity contribution is 7.80. The summed E-state index contributed by atoms with van der Waals surface area (Å²) in [7, 11) is 0. The molecule has 3 aromatic carbocycles. The zero-order valence-corrected chi connectivity index (χ0v) is 18.4. The van der Waals surface area contributed by atoms with E-state index in [0.717, 1.165) is 17.9 Å². The maximum absolute atomic E-state index is 12.8. The molecule has 3 rings (SSSR count). The van der Waals surface area contributed by atoms with Gasteiger partial charge in [-0.2, -0.15) is 0 Å². The van der Waals surface area contributed by atoms with Crippen molar-refractivity contribution in [3.8, 4) is 11.5 Å². The van der Waals surface area contributed by atoms with Crippen molar-refractivity contribution < 1.29 is 14.3 Å². The molecule has 0 radical (unpaired) electrons. The number of benzene rings is 3. The minimum absolute atomic E-state index is 0.0697. The number of nitrogens with one attached hydrogen (secondary N) is 2. The topological polar surface area (TPSA) is 59.6 Å². The molecule has 0 aliphatic rings. The van der Waals surface area contributed by atoms with E-state index in [1.165, 1.54) is 5.56 Å². The number of thiocarbonyl (C=S) groups is 1. The number of hydrogen-bond acceptors (Lipinski definition) is 4. The highest BCUT2D eigenvalue weighted by atomic mass is 32.1. The Labute approximate surface area is 188 Å². The molecule has 6 heteroatoms. The van der Waals surface area contributed by atoms with Crippen LogP contribution in [0.2, 0.25) is 0 Å². The lowest BCUT2D eigenvalue weighted by atomic mass is 10.1. The van der Waals surface area contributed by atoms with Crippen LogP contribution < -0.4 is 20.1 Å². The summed E-state index contributed by atoms with van der Waals surface area (Å²) in [5.74, 6) is 0.916. The van der Waals surface area contributed by atoms with E-state index in [4.69, 9.17) is 21.7 Å². The molecule has 0 unspecified atom stereocenters. The Hall–Kier alpha value is -3.38. The fraction of sp³-hybridized carbons (Fsp3) is 0.200. The van der Waals surface area contributed by atoms with Crippen molar-refractivity contribution >= 4 is 28.9 Å². The van der Waals surface area contributed by atoms with Gasteiger partial charge in [0.25, 0.3) is 5.91 Å². The first-order valence-corrected chi connectivity index (χ1v) is 10.6. The lowest BCUT2D eigenvalue weighted by Crippen LogP contribution is -2.34. The molecule has 0 saturated carbocycles. The van der Waals surface area contributed by atoms with Gasteiger partial charge >= 0.3 is 0 Å². The number of rotatable bonds is 8. The van der Waals surface area contributed by atoms with E-state index in [9.17, 15) is 4.79 Å². The summed E-state index contributed by atoms with van der Waals surface area (Å²) in [5, 5.41) is 5.93. The molecule has 0 atom stereocenters. The summed E-state index contributed by atoms with van der Waals surface area (Å²) in [6.07, 6.45) is 0.825. The third kappa shape index (κ3) is 7.12. The van der Waals surface area contributed by atoms with Crippen LogP contribution in [0.15, 0.2) is 78.9 Å². The van der Waals surface area contributed by atoms with Gasteiger partial charge in [0, 0.05) is 18.2 Å². The van der Waals surface area contributed by atoms with Crippen molar-refractivity contribution in [2.75, 3.05) is 11.9 Å². The lowest BCUT2D eigenvalue weighted by Gasteiger charge is -2.14. The van der Waals surface area contributed by atoms with E-state index in [1.54, 1.807) is 18.2 Å². The molecule has 0 bridgehead atoms. The van der Waals surface area contributed by atoms with Crippen LogP contribution in [0.4, 0.5) is 5.69 Å². The van der Waals surface area contributed by atoms with Crippen molar-refractivity contribution in [3.05, 3.63) is 90.0 Å². The molecule has 31 heavy (non-hydrogen) atoms. The Kier molecular flexibility index (Phi) is 8.01. The van der Waals surface area contributed by atoms with Crippen LogP contribution in [0.5, 0.6) is 11.5 Å². The molecular formula is C25H26N2O3S. The number of para-hydroxylation sites is 1. The molecule has 0 saturated heterocycles. The molecule has 1 amide bonds. The molecule has 0 heterocycles. The van der Waals surface area contributed by atoms with Crippen molar-refractivity contribution in [1.29, 1.82) is 0 Å². The molecule has 160 valence electrons. The van der Waals surface area contributed by atoms with Crippen molar-refractivity contribution in [2.45, 2.75) is 26.4 Å². The summed E-state index contributed by atoms with van der Waals surface area (Å²) in [6, 6.07) is 24.6. The number of ether oxygens (including phenoxy) is 2. The molecule has 5 nitrogen and oxygen atoms in total. The van der Waals surface area contributed by atoms with Crippen LogP contribution >= 0.6 is 12.2 Å². The Balaban J connectivity index is 1.58. The smallest absolute Gasteiger partial charge is 0.261 e. The summed E-state index contributed by atoms with van der Waals surface area (Å²) >= 11 is 5.31. The predicted octanol–water partition coefficient (Wildman–Crippen LogP) is 5.22. The lowest BCUT2D eigenvalue weighted by molar-refractivity contribution is 0.0974. The second-order valence-corrected chi connectivity index (χ2v) is 7.59. The Morgan fingerprint density at radius 3 is 2.48 bits per heavy atom. The van der Waals surface area contributed by atoms with Gasteiger partial charge in [-0.3, -0.25) is 10.1 Å². The van der Waals surface area contributed by atoms with Gasteiger partial charge in [0.1, 0.15) is 11.5 Å². The molecule has 0 spiro atoms. The van der Waals surface area contributed by atoms with E-state index in [2.05, 4.69) is 10.6 Å². The largest absolute Gasteiger partial charge is 0.492 e. The normalized spacial score (nSPS) is 10.4. The summed E-state index contributed by atoms with van der Waals surface area (Å²) in [6.45, 7) is 4.40. The van der Waals surface area contributed by atoms with Crippen LogP contribution in [0, 0.1) is 0 Å². The number of amides is 1. The minimum atomic E-state index is -0.331. The zero-order valence-electron chi connectivity index (χ0n) is 17.6. The Morgan fingerprint density at radius 2 is 1.71 bits per heavy atom. The highest BCUT2D eigenvalue weighted by Crippen LogP contribution is 2.20. The van der Waals surface area contributed by atoms with Crippen LogP contribution in [-0.2, 0) is 6.42 Å². The number of anilines is 1. The van der Waals surface area contributed by atoms with E-state index in [-0.39, 0.29) is 17.1 Å². The molecular weight excluding hydrogens is 408 g/mol. The van der Waals surface area contributed by atoms with Gasteiger partial charge in [-0.15, -0.1) is 0 Å². The van der Waals surface area contributed by atoms with Gasteiger partial charge in [0.15, 0.2) is 5.11 Å². The van der Waals surface area contributed by atoms with E-state index in [1.807, 2.05) is 74.5 Å². The average molecular weight is 435 g/mol. The minimum Gasteiger partial charge on any atom is -0.492 e. The van der Waals surface area contributed by atoms with Gasteiger partial charge in [-0.05, 0) is 55.9 Å². The molecule has 0 aromatic heterocycles. The van der Waals surface area contributed by atoms with Crippen molar-refractivity contribution in [2.24, 2.45) is 0 Å². The van der Waals surface area contributed by atoms with Gasteiger partial charge in [0.2, 0.25) is 0 Å². The average Bonchev–Trinajstić information content (AvgIpc) is 2.74. The second-order valence-electron chi connectivity index (χ2n) is 7.18. The summed E-state index contributed by atoms with van der Waals surface area (Å²) < 4.78 is 11.6. The van der Waals surface area contributed by atoms with Crippen LogP contribution in [0.3, 0.4) is 0 Å². The fourth-order valence-corrected chi connectivity index (χ4v) is 3.17. The van der Waals surface area contributed by atoms with Crippen LogP contribution in [0.1, 0.15) is 29.8 Å². The molecule has 2 N–H and O–H groups in total. The first-order chi connectivity index (χ1) is 15.0. The van der Waals surface area contributed by atoms with Crippen molar-refractivity contribution in [3.63, 3.8) is 0 Å². The van der Waals surface area contributed by atoms with Crippen molar-refractivity contribution in [1.82, 2.24) is 5.32 Å². The highest BCUT2D eigenvalue weighted by Gasteiger charge is 2.14. The maximum atomic E-state index is 12.8. The summed E-state index contributed by atoms with van der Waals surface area (Å²) in [5.41, 5.74) is 2.34. The second kappa shape index (κ2) is 11.1. The quantitative estimate of drug-likeness (QED) is 0.476. The standard InChI is InChI=1S/C25H26N2O3S/c1-18(2)30-21-12-8-11-20(17-21)26-25(31)27-24(28)22-13-6-7-14-23(22)29-16-15-19-9-4-3-5-10-19/h3-14,17-18H,15-16H2,1-2H3,(H2,26,27,28,31). The fourth-order valence-electron chi connectivity index (χ4n) is 2.96. The van der Waals surface area contributed by atoms with E-state index >= 15 is 0 Å². The van der Waals surface area contributed by atoms with Gasteiger partial charge in [0.05, 0.1) is 18.3 Å². The molecule has 0 fully saturated rings. The van der Waals surface area contributed by atoms with Gasteiger partial charge in [-0.25, -0.2) is 0 Å². The zero-order chi connectivity index (χ0) is 22.1. The third-order valence-electron chi connectivity index (χ3n) is 4.31. The van der Waals surface area contributed by atoms with E-state index in [0.29, 0.717) is 17.9 Å².